The summed E-state index contributed by atoms with van der Waals surface area (Å²) < 4.78 is 11.2. The Morgan fingerprint density at radius 3 is 2.25 bits per heavy atom. The quantitative estimate of drug-likeness (QED) is 0.910. The van der Waals surface area contributed by atoms with Crippen LogP contribution >= 0.6 is 15.9 Å². The van der Waals surface area contributed by atoms with E-state index in [0.717, 1.165) is 0 Å². The first-order chi connectivity index (χ1) is 9.26. The lowest BCUT2D eigenvalue weighted by atomic mass is 9.79. The lowest BCUT2D eigenvalue weighted by Gasteiger charge is -2.30. The van der Waals surface area contributed by atoms with E-state index in [9.17, 15) is 10.4 Å². The second-order valence-corrected chi connectivity index (χ2v) is 6.51. The molecule has 4 nitrogen and oxygen atoms in total. The molecule has 0 fully saturated rings. The number of ether oxygens (including phenoxy) is 2. The van der Waals surface area contributed by atoms with Gasteiger partial charge in [-0.05, 0) is 39.0 Å². The molecule has 2 atom stereocenters. The molecule has 0 heterocycles. The fourth-order valence-corrected chi connectivity index (χ4v) is 2.57. The summed E-state index contributed by atoms with van der Waals surface area (Å²) in [6.07, 6.45) is -0.780. The Morgan fingerprint density at radius 1 is 1.25 bits per heavy atom. The van der Waals surface area contributed by atoms with Crippen molar-refractivity contribution in [3.05, 3.63) is 22.2 Å². The first-order valence-electron chi connectivity index (χ1n) is 6.25. The maximum absolute atomic E-state index is 10.4. The van der Waals surface area contributed by atoms with E-state index in [1.807, 2.05) is 20.8 Å². The van der Waals surface area contributed by atoms with Gasteiger partial charge in [0.15, 0.2) is 11.5 Å². The van der Waals surface area contributed by atoms with Crippen molar-refractivity contribution in [2.45, 2.75) is 32.8 Å². The Bertz CT molecular complexity index is 517. The van der Waals surface area contributed by atoms with Gasteiger partial charge in [0.05, 0.1) is 36.8 Å². The van der Waals surface area contributed by atoms with Gasteiger partial charge in [-0.1, -0.05) is 20.8 Å². The molecular formula is C15H20BrNO3. The van der Waals surface area contributed by atoms with Gasteiger partial charge < -0.3 is 14.6 Å². The second kappa shape index (κ2) is 6.47. The van der Waals surface area contributed by atoms with Crippen molar-refractivity contribution < 1.29 is 14.6 Å². The third kappa shape index (κ3) is 3.44. The highest BCUT2D eigenvalue weighted by molar-refractivity contribution is 9.10. The van der Waals surface area contributed by atoms with Gasteiger partial charge in [0.2, 0.25) is 0 Å². The predicted molar refractivity (Wildman–Crippen MR) is 81.1 cm³/mol. The van der Waals surface area contributed by atoms with Crippen LogP contribution in [0.5, 0.6) is 11.5 Å². The molecule has 0 spiro atoms. The van der Waals surface area contributed by atoms with Gasteiger partial charge in [-0.25, -0.2) is 0 Å². The van der Waals surface area contributed by atoms with Crippen molar-refractivity contribution in [1.82, 2.24) is 0 Å². The van der Waals surface area contributed by atoms with Crippen LogP contribution in [0, 0.1) is 16.7 Å². The van der Waals surface area contributed by atoms with Crippen LogP contribution in [0.25, 0.3) is 0 Å². The SMILES string of the molecule is COc1cc(C(C#N)C(O)C(C)(C)C)cc(Br)c1OC. The Kier molecular flexibility index (Phi) is 5.43. The van der Waals surface area contributed by atoms with Crippen molar-refractivity contribution in [1.29, 1.82) is 5.26 Å². The molecule has 0 aromatic heterocycles. The van der Waals surface area contributed by atoms with Gasteiger partial charge in [-0.15, -0.1) is 0 Å². The van der Waals surface area contributed by atoms with E-state index in [1.165, 1.54) is 7.11 Å². The summed E-state index contributed by atoms with van der Waals surface area (Å²) in [7, 11) is 3.09. The van der Waals surface area contributed by atoms with Crippen LogP contribution in [-0.4, -0.2) is 25.4 Å². The summed E-state index contributed by atoms with van der Waals surface area (Å²) in [5.74, 6) is 0.461. The zero-order chi connectivity index (χ0) is 15.5. The number of nitriles is 1. The number of aliphatic hydroxyl groups is 1. The lowest BCUT2D eigenvalue weighted by molar-refractivity contribution is 0.0526. The Hall–Kier alpha value is -1.25. The molecule has 2 unspecified atom stereocenters. The van der Waals surface area contributed by atoms with Crippen LogP contribution in [0.1, 0.15) is 32.3 Å². The summed E-state index contributed by atoms with van der Waals surface area (Å²) in [6.45, 7) is 5.70. The molecule has 0 amide bonds. The van der Waals surface area contributed by atoms with E-state index in [0.29, 0.717) is 21.5 Å². The molecule has 0 saturated carbocycles. The minimum atomic E-state index is -0.780. The highest BCUT2D eigenvalue weighted by Gasteiger charge is 2.32. The van der Waals surface area contributed by atoms with E-state index in [4.69, 9.17) is 9.47 Å². The number of methoxy groups -OCH3 is 2. The summed E-state index contributed by atoms with van der Waals surface area (Å²) in [6, 6.07) is 5.68. The fraction of sp³-hybridized carbons (Fsp3) is 0.533. The molecule has 0 aliphatic carbocycles. The first-order valence-corrected chi connectivity index (χ1v) is 7.04. The molecule has 0 bridgehead atoms. The predicted octanol–water partition coefficient (Wildman–Crippen LogP) is 3.48. The third-order valence-electron chi connectivity index (χ3n) is 3.16. The number of nitrogens with zero attached hydrogens (tertiary/aromatic N) is 1. The molecule has 0 saturated heterocycles. The van der Waals surface area contributed by atoms with E-state index in [1.54, 1.807) is 19.2 Å². The Labute approximate surface area is 128 Å². The highest BCUT2D eigenvalue weighted by Crippen LogP contribution is 2.40. The Morgan fingerprint density at radius 2 is 1.85 bits per heavy atom. The number of aliphatic hydroxyl groups excluding tert-OH is 1. The summed E-state index contributed by atoms with van der Waals surface area (Å²) in [4.78, 5) is 0. The third-order valence-corrected chi connectivity index (χ3v) is 3.75. The molecule has 1 aromatic carbocycles. The van der Waals surface area contributed by atoms with E-state index >= 15 is 0 Å². The molecule has 1 aromatic rings. The van der Waals surface area contributed by atoms with Crippen LogP contribution < -0.4 is 9.47 Å². The monoisotopic (exact) mass is 341 g/mol. The van der Waals surface area contributed by atoms with Crippen LogP contribution in [0.2, 0.25) is 0 Å². The maximum Gasteiger partial charge on any atom is 0.174 e. The topological polar surface area (TPSA) is 62.5 Å². The molecule has 0 radical (unpaired) electrons. The first kappa shape index (κ1) is 16.8. The zero-order valence-electron chi connectivity index (χ0n) is 12.4. The van der Waals surface area contributed by atoms with E-state index in [2.05, 4.69) is 22.0 Å². The molecule has 1 N–H and O–H groups in total. The number of benzene rings is 1. The second-order valence-electron chi connectivity index (χ2n) is 5.66. The number of halogens is 1. The number of hydrogen-bond donors (Lipinski definition) is 1. The van der Waals surface area contributed by atoms with Gasteiger partial charge in [-0.3, -0.25) is 0 Å². The van der Waals surface area contributed by atoms with Gasteiger partial charge in [-0.2, -0.15) is 5.26 Å². The number of hydrogen-bond acceptors (Lipinski definition) is 4. The smallest absolute Gasteiger partial charge is 0.174 e. The fourth-order valence-electron chi connectivity index (χ4n) is 1.94. The maximum atomic E-state index is 10.4. The van der Waals surface area contributed by atoms with Crippen molar-refractivity contribution in [2.75, 3.05) is 14.2 Å². The highest BCUT2D eigenvalue weighted by atomic mass is 79.9. The minimum absolute atomic E-state index is 0.389. The summed E-state index contributed by atoms with van der Waals surface area (Å²) in [5.41, 5.74) is 0.305. The summed E-state index contributed by atoms with van der Waals surface area (Å²) >= 11 is 3.40. The Balaban J connectivity index is 3.32. The van der Waals surface area contributed by atoms with Crippen LogP contribution in [0.4, 0.5) is 0 Å². The number of rotatable bonds is 4. The summed E-state index contributed by atoms with van der Waals surface area (Å²) in [5, 5.41) is 19.8. The van der Waals surface area contributed by atoms with Gasteiger partial charge in [0.25, 0.3) is 0 Å². The van der Waals surface area contributed by atoms with Crippen LogP contribution in [0.3, 0.4) is 0 Å². The normalized spacial score (nSPS) is 14.3. The molecule has 20 heavy (non-hydrogen) atoms. The molecule has 0 aliphatic rings. The zero-order valence-corrected chi connectivity index (χ0v) is 14.0. The standard InChI is InChI=1S/C15H20BrNO3/c1-15(2,3)14(18)10(8-17)9-6-11(16)13(20-5)12(7-9)19-4/h6-7,10,14,18H,1-5H3. The van der Waals surface area contributed by atoms with E-state index < -0.39 is 12.0 Å². The lowest BCUT2D eigenvalue weighted by Crippen LogP contribution is -2.31. The minimum Gasteiger partial charge on any atom is -0.493 e. The largest absolute Gasteiger partial charge is 0.493 e. The molecule has 1 rings (SSSR count). The van der Waals surface area contributed by atoms with Crippen molar-refractivity contribution in [3.63, 3.8) is 0 Å². The molecular weight excluding hydrogens is 322 g/mol. The molecule has 110 valence electrons. The van der Waals surface area contributed by atoms with Crippen molar-refractivity contribution >= 4 is 15.9 Å². The van der Waals surface area contributed by atoms with Gasteiger partial charge in [0, 0.05) is 0 Å². The van der Waals surface area contributed by atoms with E-state index in [-0.39, 0.29) is 5.41 Å². The van der Waals surface area contributed by atoms with Crippen LogP contribution in [-0.2, 0) is 0 Å². The molecule has 5 heteroatoms. The van der Waals surface area contributed by atoms with Crippen molar-refractivity contribution in [3.8, 4) is 17.6 Å². The average Bonchev–Trinajstić information content (AvgIpc) is 2.37. The van der Waals surface area contributed by atoms with Gasteiger partial charge in [0.1, 0.15) is 0 Å². The molecule has 0 aliphatic heterocycles. The van der Waals surface area contributed by atoms with Crippen LogP contribution in [0.15, 0.2) is 16.6 Å². The van der Waals surface area contributed by atoms with Gasteiger partial charge >= 0.3 is 0 Å². The van der Waals surface area contributed by atoms with Crippen molar-refractivity contribution in [2.24, 2.45) is 5.41 Å². The average molecular weight is 342 g/mol.